The van der Waals surface area contributed by atoms with Gasteiger partial charge in [0.05, 0.1) is 14.5 Å². The minimum absolute atomic E-state index is 0.108. The zero-order valence-electron chi connectivity index (χ0n) is 10.4. The number of hydrogen-bond donors (Lipinski definition) is 1. The van der Waals surface area contributed by atoms with E-state index in [2.05, 4.69) is 42.1 Å². The van der Waals surface area contributed by atoms with Gasteiger partial charge in [0.2, 0.25) is 5.89 Å². The van der Waals surface area contributed by atoms with Crippen molar-refractivity contribution < 1.29 is 19.1 Å². The van der Waals surface area contributed by atoms with Crippen molar-refractivity contribution in [3.63, 3.8) is 0 Å². The molecule has 0 saturated heterocycles. The maximum atomic E-state index is 10.9. The summed E-state index contributed by atoms with van der Waals surface area (Å²) in [4.78, 5) is 10.9. The highest BCUT2D eigenvalue weighted by molar-refractivity contribution is 9.11. The SMILES string of the molecule is CCc1nnc(COc2c(Br)cc(C(=O)O)cc2Br)o1. The van der Waals surface area contributed by atoms with Gasteiger partial charge in [-0.2, -0.15) is 0 Å². The molecule has 0 aliphatic rings. The van der Waals surface area contributed by atoms with Gasteiger partial charge in [0.15, 0.2) is 6.61 Å². The van der Waals surface area contributed by atoms with Crippen LogP contribution in [0.15, 0.2) is 25.5 Å². The Bertz CT molecular complexity index is 619. The number of aromatic carboxylic acids is 1. The van der Waals surface area contributed by atoms with Gasteiger partial charge in [0, 0.05) is 6.42 Å². The summed E-state index contributed by atoms with van der Waals surface area (Å²) in [7, 11) is 0. The number of nitrogens with zero attached hydrogens (tertiary/aromatic N) is 2. The van der Waals surface area contributed by atoms with Crippen LogP contribution in [0.5, 0.6) is 5.75 Å². The molecule has 0 fully saturated rings. The Labute approximate surface area is 131 Å². The Kier molecular flexibility index (Phi) is 4.77. The molecule has 0 atom stereocenters. The van der Waals surface area contributed by atoms with Crippen LogP contribution in [0.2, 0.25) is 0 Å². The molecular weight excluding hydrogens is 396 g/mol. The number of hydrogen-bond acceptors (Lipinski definition) is 5. The molecule has 0 bridgehead atoms. The molecule has 0 radical (unpaired) electrons. The molecule has 2 aromatic rings. The van der Waals surface area contributed by atoms with E-state index >= 15 is 0 Å². The number of carbonyl (C=O) groups is 1. The van der Waals surface area contributed by atoms with Crippen LogP contribution < -0.4 is 4.74 Å². The molecule has 1 N–H and O–H groups in total. The lowest BCUT2D eigenvalue weighted by Gasteiger charge is -2.09. The van der Waals surface area contributed by atoms with Crippen LogP contribution in [-0.4, -0.2) is 21.3 Å². The van der Waals surface area contributed by atoms with Crippen LogP contribution in [0.3, 0.4) is 0 Å². The summed E-state index contributed by atoms with van der Waals surface area (Å²) >= 11 is 6.55. The molecule has 6 nitrogen and oxygen atoms in total. The fraction of sp³-hybridized carbons (Fsp3) is 0.250. The van der Waals surface area contributed by atoms with Gasteiger partial charge in [0.25, 0.3) is 5.89 Å². The van der Waals surface area contributed by atoms with Crippen molar-refractivity contribution in [3.05, 3.63) is 38.4 Å². The Morgan fingerprint density at radius 2 is 1.90 bits per heavy atom. The standard InChI is InChI=1S/C12H10Br2N2O4/c1-2-9-15-16-10(20-9)5-19-11-7(13)3-6(12(17)18)4-8(11)14/h3-4H,2,5H2,1H3,(H,17,18). The van der Waals surface area contributed by atoms with Crippen molar-refractivity contribution >= 4 is 37.8 Å². The van der Waals surface area contributed by atoms with Gasteiger partial charge in [-0.15, -0.1) is 10.2 Å². The second-order valence-corrected chi connectivity index (χ2v) is 5.51. The molecule has 1 heterocycles. The molecule has 8 heteroatoms. The largest absolute Gasteiger partial charge is 0.481 e. The first-order chi connectivity index (χ1) is 9.51. The van der Waals surface area contributed by atoms with Crippen LogP contribution >= 0.6 is 31.9 Å². The summed E-state index contributed by atoms with van der Waals surface area (Å²) in [6, 6.07) is 2.93. The van der Waals surface area contributed by atoms with Gasteiger partial charge in [-0.25, -0.2) is 4.79 Å². The molecule has 1 aromatic heterocycles. The molecule has 0 unspecified atom stereocenters. The van der Waals surface area contributed by atoms with E-state index in [-0.39, 0.29) is 12.2 Å². The van der Waals surface area contributed by atoms with Crippen molar-refractivity contribution in [1.82, 2.24) is 10.2 Å². The summed E-state index contributed by atoms with van der Waals surface area (Å²) in [5.74, 6) is 0.375. The Balaban J connectivity index is 2.15. The lowest BCUT2D eigenvalue weighted by atomic mass is 10.2. The number of ether oxygens (including phenoxy) is 1. The smallest absolute Gasteiger partial charge is 0.335 e. The first kappa shape index (κ1) is 15.0. The summed E-state index contributed by atoms with van der Waals surface area (Å²) in [5.41, 5.74) is 0.155. The number of carboxylic acid groups (broad SMARTS) is 1. The van der Waals surface area contributed by atoms with E-state index in [1.54, 1.807) is 0 Å². The molecular formula is C12H10Br2N2O4. The lowest BCUT2D eigenvalue weighted by Crippen LogP contribution is -2.00. The average molecular weight is 406 g/mol. The van der Waals surface area contributed by atoms with Gasteiger partial charge in [0.1, 0.15) is 5.75 Å². The first-order valence-electron chi connectivity index (χ1n) is 5.67. The van der Waals surface area contributed by atoms with E-state index < -0.39 is 5.97 Å². The van der Waals surface area contributed by atoms with Gasteiger partial charge >= 0.3 is 5.97 Å². The Hall–Kier alpha value is -1.41. The topological polar surface area (TPSA) is 85.5 Å². The monoisotopic (exact) mass is 404 g/mol. The van der Waals surface area contributed by atoms with E-state index in [0.29, 0.717) is 32.9 Å². The van der Waals surface area contributed by atoms with E-state index in [1.807, 2.05) is 6.92 Å². The number of carboxylic acids is 1. The maximum absolute atomic E-state index is 10.9. The molecule has 0 aliphatic heterocycles. The quantitative estimate of drug-likeness (QED) is 0.819. The predicted octanol–water partition coefficient (Wildman–Crippen LogP) is 3.43. The Morgan fingerprint density at radius 1 is 1.30 bits per heavy atom. The molecule has 0 amide bonds. The van der Waals surface area contributed by atoms with Gasteiger partial charge < -0.3 is 14.3 Å². The number of aryl methyl sites for hydroxylation is 1. The third kappa shape index (κ3) is 3.37. The van der Waals surface area contributed by atoms with Gasteiger partial charge in [-0.3, -0.25) is 0 Å². The minimum Gasteiger partial charge on any atom is -0.481 e. The number of halogens is 2. The van der Waals surface area contributed by atoms with Crippen molar-refractivity contribution in [2.75, 3.05) is 0 Å². The summed E-state index contributed by atoms with van der Waals surface area (Å²) < 4.78 is 11.9. The van der Waals surface area contributed by atoms with Crippen LogP contribution in [0.25, 0.3) is 0 Å². The van der Waals surface area contributed by atoms with Crippen LogP contribution in [0.4, 0.5) is 0 Å². The third-order valence-corrected chi connectivity index (χ3v) is 3.57. The van der Waals surface area contributed by atoms with Crippen molar-refractivity contribution in [2.45, 2.75) is 20.0 Å². The number of benzene rings is 1. The van der Waals surface area contributed by atoms with E-state index in [9.17, 15) is 4.79 Å². The second kappa shape index (κ2) is 6.36. The van der Waals surface area contributed by atoms with Crippen molar-refractivity contribution in [2.24, 2.45) is 0 Å². The molecule has 20 heavy (non-hydrogen) atoms. The zero-order valence-corrected chi connectivity index (χ0v) is 13.6. The van der Waals surface area contributed by atoms with E-state index in [1.165, 1.54) is 12.1 Å². The van der Waals surface area contributed by atoms with E-state index in [4.69, 9.17) is 14.3 Å². The highest BCUT2D eigenvalue weighted by Gasteiger charge is 2.14. The van der Waals surface area contributed by atoms with Crippen molar-refractivity contribution in [3.8, 4) is 5.75 Å². The molecule has 106 valence electrons. The van der Waals surface area contributed by atoms with E-state index in [0.717, 1.165) is 0 Å². The minimum atomic E-state index is -1.01. The van der Waals surface area contributed by atoms with Gasteiger partial charge in [-0.1, -0.05) is 6.92 Å². The van der Waals surface area contributed by atoms with Crippen LogP contribution in [0, 0.1) is 0 Å². The molecule has 0 spiro atoms. The number of rotatable bonds is 5. The zero-order chi connectivity index (χ0) is 14.7. The molecule has 1 aromatic carbocycles. The summed E-state index contributed by atoms with van der Waals surface area (Å²) in [6.07, 6.45) is 0.660. The van der Waals surface area contributed by atoms with Crippen LogP contribution in [0.1, 0.15) is 29.1 Å². The average Bonchev–Trinajstić information content (AvgIpc) is 2.85. The van der Waals surface area contributed by atoms with Gasteiger partial charge in [-0.05, 0) is 44.0 Å². The fourth-order valence-corrected chi connectivity index (χ4v) is 2.86. The molecule has 0 aliphatic carbocycles. The van der Waals surface area contributed by atoms with Crippen molar-refractivity contribution in [1.29, 1.82) is 0 Å². The predicted molar refractivity (Wildman–Crippen MR) is 76.8 cm³/mol. The number of aromatic nitrogens is 2. The fourth-order valence-electron chi connectivity index (χ4n) is 1.44. The highest BCUT2D eigenvalue weighted by atomic mass is 79.9. The second-order valence-electron chi connectivity index (χ2n) is 3.81. The normalized spacial score (nSPS) is 10.6. The third-order valence-electron chi connectivity index (χ3n) is 2.40. The maximum Gasteiger partial charge on any atom is 0.335 e. The Morgan fingerprint density at radius 3 is 2.40 bits per heavy atom. The molecule has 0 saturated carbocycles. The molecule has 2 rings (SSSR count). The lowest BCUT2D eigenvalue weighted by molar-refractivity contribution is 0.0696. The summed E-state index contributed by atoms with van der Waals surface area (Å²) in [6.45, 7) is 2.02. The summed E-state index contributed by atoms with van der Waals surface area (Å²) in [5, 5.41) is 16.6. The first-order valence-corrected chi connectivity index (χ1v) is 7.26. The highest BCUT2D eigenvalue weighted by Crippen LogP contribution is 2.35. The van der Waals surface area contributed by atoms with Crippen LogP contribution in [-0.2, 0) is 13.0 Å².